The van der Waals surface area contributed by atoms with Crippen molar-refractivity contribution in [2.45, 2.75) is 44.7 Å². The highest BCUT2D eigenvalue weighted by Gasteiger charge is 2.41. The van der Waals surface area contributed by atoms with Gasteiger partial charge in [0.25, 0.3) is 0 Å². The predicted molar refractivity (Wildman–Crippen MR) is 57.7 cm³/mol. The predicted octanol–water partition coefficient (Wildman–Crippen LogP) is 1.10. The molecule has 0 aromatic carbocycles. The lowest BCUT2D eigenvalue weighted by atomic mass is 9.89. The summed E-state index contributed by atoms with van der Waals surface area (Å²) in [6.45, 7) is 5.43. The van der Waals surface area contributed by atoms with Gasteiger partial charge in [-0.1, -0.05) is 6.92 Å². The molecule has 0 aromatic heterocycles. The molecule has 0 amide bonds. The summed E-state index contributed by atoms with van der Waals surface area (Å²) in [6.07, 6.45) is 2.40. The van der Waals surface area contributed by atoms with Crippen LogP contribution in [0.4, 0.5) is 0 Å². The molecule has 88 valence electrons. The third kappa shape index (κ3) is 2.92. The molecule has 1 rings (SSSR count). The minimum absolute atomic E-state index is 0.161. The molecule has 1 aliphatic heterocycles. The van der Waals surface area contributed by atoms with Crippen molar-refractivity contribution in [2.24, 2.45) is 0 Å². The van der Waals surface area contributed by atoms with Gasteiger partial charge in [-0.05, 0) is 26.2 Å². The zero-order valence-corrected chi connectivity index (χ0v) is 9.84. The minimum Gasteiger partial charge on any atom is -0.468 e. The van der Waals surface area contributed by atoms with Crippen molar-refractivity contribution in [3.8, 4) is 0 Å². The maximum absolute atomic E-state index is 11.8. The van der Waals surface area contributed by atoms with Gasteiger partial charge in [-0.3, -0.25) is 10.1 Å². The first-order valence-electron chi connectivity index (χ1n) is 5.58. The van der Waals surface area contributed by atoms with E-state index >= 15 is 0 Å². The highest BCUT2D eigenvalue weighted by atomic mass is 16.5. The molecule has 1 fully saturated rings. The first-order valence-corrected chi connectivity index (χ1v) is 5.58. The molecule has 4 nitrogen and oxygen atoms in total. The van der Waals surface area contributed by atoms with Gasteiger partial charge in [-0.2, -0.15) is 0 Å². The number of esters is 1. The van der Waals surface area contributed by atoms with Crippen LogP contribution < -0.4 is 5.32 Å². The monoisotopic (exact) mass is 215 g/mol. The zero-order valence-electron chi connectivity index (χ0n) is 9.84. The quantitative estimate of drug-likeness (QED) is 0.713. The Morgan fingerprint density at radius 3 is 2.60 bits per heavy atom. The van der Waals surface area contributed by atoms with Crippen LogP contribution in [0, 0.1) is 0 Å². The Hall–Kier alpha value is -0.610. The summed E-state index contributed by atoms with van der Waals surface area (Å²) < 4.78 is 10.2. The molecule has 0 aliphatic carbocycles. The Bertz CT molecular complexity index is 212. The van der Waals surface area contributed by atoms with E-state index in [0.717, 1.165) is 6.42 Å². The van der Waals surface area contributed by atoms with Crippen molar-refractivity contribution < 1.29 is 14.3 Å². The highest BCUT2D eigenvalue weighted by molar-refractivity contribution is 5.81. The molecule has 0 spiro atoms. The number of methoxy groups -OCH3 is 1. The van der Waals surface area contributed by atoms with Gasteiger partial charge in [0.2, 0.25) is 0 Å². The summed E-state index contributed by atoms with van der Waals surface area (Å²) >= 11 is 0. The number of ether oxygens (including phenoxy) is 2. The van der Waals surface area contributed by atoms with Crippen LogP contribution in [0.5, 0.6) is 0 Å². The molecule has 0 radical (unpaired) electrons. The van der Waals surface area contributed by atoms with Crippen LogP contribution in [0.2, 0.25) is 0 Å². The molecule has 1 aliphatic rings. The second kappa shape index (κ2) is 5.47. The van der Waals surface area contributed by atoms with Gasteiger partial charge < -0.3 is 9.47 Å². The lowest BCUT2D eigenvalue weighted by molar-refractivity contribution is -0.153. The summed E-state index contributed by atoms with van der Waals surface area (Å²) in [5, 5.41) is 3.38. The maximum atomic E-state index is 11.8. The second-order valence-electron chi connectivity index (χ2n) is 4.14. The lowest BCUT2D eigenvalue weighted by Crippen LogP contribution is -2.58. The van der Waals surface area contributed by atoms with E-state index in [2.05, 4.69) is 19.2 Å². The van der Waals surface area contributed by atoms with Crippen molar-refractivity contribution in [3.63, 3.8) is 0 Å². The fourth-order valence-electron chi connectivity index (χ4n) is 1.90. The van der Waals surface area contributed by atoms with Crippen LogP contribution in [-0.4, -0.2) is 37.9 Å². The first kappa shape index (κ1) is 12.5. The molecular weight excluding hydrogens is 194 g/mol. The van der Waals surface area contributed by atoms with E-state index in [4.69, 9.17) is 9.47 Å². The Kier molecular flexibility index (Phi) is 4.54. The number of rotatable bonds is 4. The van der Waals surface area contributed by atoms with Crippen LogP contribution in [0.1, 0.15) is 33.1 Å². The van der Waals surface area contributed by atoms with Crippen molar-refractivity contribution in [3.05, 3.63) is 0 Å². The molecule has 1 saturated heterocycles. The van der Waals surface area contributed by atoms with E-state index in [0.29, 0.717) is 32.1 Å². The van der Waals surface area contributed by atoms with E-state index in [1.54, 1.807) is 0 Å². The first-order chi connectivity index (χ1) is 7.14. The van der Waals surface area contributed by atoms with Crippen LogP contribution in [0.3, 0.4) is 0 Å². The van der Waals surface area contributed by atoms with Crippen molar-refractivity contribution in [2.75, 3.05) is 20.3 Å². The third-order valence-electron chi connectivity index (χ3n) is 3.06. The van der Waals surface area contributed by atoms with Gasteiger partial charge >= 0.3 is 5.97 Å². The maximum Gasteiger partial charge on any atom is 0.326 e. The fraction of sp³-hybridized carbons (Fsp3) is 0.909. The van der Waals surface area contributed by atoms with E-state index in [1.807, 2.05) is 0 Å². The molecular formula is C11H21NO3. The van der Waals surface area contributed by atoms with E-state index in [9.17, 15) is 4.79 Å². The molecule has 1 unspecified atom stereocenters. The standard InChI is InChI=1S/C11H21NO3/c1-4-9(2)12-11(10(13)14-3)5-7-15-8-6-11/h9,12H,4-8H2,1-3H3. The van der Waals surface area contributed by atoms with Gasteiger partial charge in [0, 0.05) is 19.3 Å². The summed E-state index contributed by atoms with van der Waals surface area (Å²) in [5.41, 5.74) is -0.525. The van der Waals surface area contributed by atoms with Gasteiger partial charge in [-0.15, -0.1) is 0 Å². The molecule has 1 atom stereocenters. The summed E-state index contributed by atoms with van der Waals surface area (Å²) in [6, 6.07) is 0.321. The van der Waals surface area contributed by atoms with Crippen LogP contribution in [-0.2, 0) is 14.3 Å². The SMILES string of the molecule is CCC(C)NC1(C(=O)OC)CCOCC1. The van der Waals surface area contributed by atoms with E-state index in [1.165, 1.54) is 7.11 Å². The minimum atomic E-state index is -0.525. The zero-order chi connectivity index (χ0) is 11.3. The number of hydrogen-bond donors (Lipinski definition) is 1. The normalized spacial score (nSPS) is 22.1. The van der Waals surface area contributed by atoms with Crippen LogP contribution in [0.15, 0.2) is 0 Å². The number of carbonyl (C=O) groups excluding carboxylic acids is 1. The van der Waals surface area contributed by atoms with Gasteiger partial charge in [0.15, 0.2) is 0 Å². The fourth-order valence-corrected chi connectivity index (χ4v) is 1.90. The van der Waals surface area contributed by atoms with Crippen LogP contribution >= 0.6 is 0 Å². The highest BCUT2D eigenvalue weighted by Crippen LogP contribution is 2.23. The van der Waals surface area contributed by atoms with Gasteiger partial charge in [0.05, 0.1) is 7.11 Å². The molecule has 0 saturated carbocycles. The average Bonchev–Trinajstić information content (AvgIpc) is 2.29. The average molecular weight is 215 g/mol. The molecule has 0 aromatic rings. The second-order valence-corrected chi connectivity index (χ2v) is 4.14. The molecule has 1 N–H and O–H groups in total. The number of carbonyl (C=O) groups is 1. The molecule has 4 heteroatoms. The summed E-state index contributed by atoms with van der Waals surface area (Å²) in [7, 11) is 1.44. The van der Waals surface area contributed by atoms with Crippen molar-refractivity contribution >= 4 is 5.97 Å². The largest absolute Gasteiger partial charge is 0.468 e. The van der Waals surface area contributed by atoms with Gasteiger partial charge in [-0.25, -0.2) is 0 Å². The summed E-state index contributed by atoms with van der Waals surface area (Å²) in [5.74, 6) is -0.161. The van der Waals surface area contributed by atoms with Crippen molar-refractivity contribution in [1.82, 2.24) is 5.32 Å². The Morgan fingerprint density at radius 1 is 1.53 bits per heavy atom. The Morgan fingerprint density at radius 2 is 2.13 bits per heavy atom. The van der Waals surface area contributed by atoms with E-state index < -0.39 is 5.54 Å². The Balaban J connectivity index is 2.70. The number of nitrogens with one attached hydrogen (secondary N) is 1. The molecule has 0 bridgehead atoms. The van der Waals surface area contributed by atoms with Crippen LogP contribution in [0.25, 0.3) is 0 Å². The summed E-state index contributed by atoms with van der Waals surface area (Å²) in [4.78, 5) is 11.8. The van der Waals surface area contributed by atoms with E-state index in [-0.39, 0.29) is 5.97 Å². The molecule has 1 heterocycles. The van der Waals surface area contributed by atoms with Crippen molar-refractivity contribution in [1.29, 1.82) is 0 Å². The van der Waals surface area contributed by atoms with Gasteiger partial charge in [0.1, 0.15) is 5.54 Å². The smallest absolute Gasteiger partial charge is 0.326 e. The number of hydrogen-bond acceptors (Lipinski definition) is 4. The Labute approximate surface area is 91.3 Å². The third-order valence-corrected chi connectivity index (χ3v) is 3.06. The lowest BCUT2D eigenvalue weighted by Gasteiger charge is -2.37. The topological polar surface area (TPSA) is 47.6 Å². The molecule has 15 heavy (non-hydrogen) atoms.